The molecule has 3 heterocycles. The van der Waals surface area contributed by atoms with Crippen LogP contribution in [0.25, 0.3) is 0 Å². The number of sulfonamides is 3. The topological polar surface area (TPSA) is 119 Å². The van der Waals surface area contributed by atoms with Crippen LogP contribution in [0.2, 0.25) is 0 Å². The van der Waals surface area contributed by atoms with Gasteiger partial charge in [0, 0.05) is 78.5 Å². The molecule has 0 atom stereocenters. The van der Waals surface area contributed by atoms with Crippen LogP contribution >= 0.6 is 0 Å². The van der Waals surface area contributed by atoms with Crippen molar-refractivity contribution >= 4 is 30.1 Å². The Morgan fingerprint density at radius 2 is 0.532 bits per heavy atom. The fourth-order valence-corrected chi connectivity index (χ4v) is 10.1. The van der Waals surface area contributed by atoms with Crippen LogP contribution in [-0.2, 0) is 30.1 Å². The highest BCUT2D eigenvalue weighted by Gasteiger charge is 2.33. The Morgan fingerprint density at radius 1 is 0.340 bits per heavy atom. The SMILES string of the molecule is Cc1ccc(S(=O)(=O)N2CCN3CCN(CC3)CCN(S(=O)(=O)c3ccc(C)cc3)CCN(S(=O)(=O)c3ccc(C)cc3)CC2)cc1. The molecule has 256 valence electrons. The summed E-state index contributed by atoms with van der Waals surface area (Å²) in [6.45, 7) is 9.42. The highest BCUT2D eigenvalue weighted by Crippen LogP contribution is 2.22. The largest absolute Gasteiger partial charge is 0.299 e. The van der Waals surface area contributed by atoms with Gasteiger partial charge in [-0.05, 0) is 57.2 Å². The van der Waals surface area contributed by atoms with E-state index in [-0.39, 0.29) is 54.0 Å². The zero-order valence-corrected chi connectivity index (χ0v) is 29.8. The molecule has 47 heavy (non-hydrogen) atoms. The predicted molar refractivity (Wildman–Crippen MR) is 183 cm³/mol. The molecular formula is C33H45N5O6S3. The summed E-state index contributed by atoms with van der Waals surface area (Å²) in [5.74, 6) is 0. The van der Waals surface area contributed by atoms with E-state index >= 15 is 0 Å². The Bertz CT molecular complexity index is 1730. The number of aryl methyl sites for hydroxylation is 3. The van der Waals surface area contributed by atoms with E-state index in [2.05, 4.69) is 9.80 Å². The van der Waals surface area contributed by atoms with Gasteiger partial charge < -0.3 is 0 Å². The molecule has 2 bridgehead atoms. The third-order valence-electron chi connectivity index (χ3n) is 8.97. The average molecular weight is 704 g/mol. The second-order valence-electron chi connectivity index (χ2n) is 12.3. The molecule has 3 aromatic rings. The van der Waals surface area contributed by atoms with Gasteiger partial charge >= 0.3 is 0 Å². The monoisotopic (exact) mass is 703 g/mol. The molecule has 3 aliphatic heterocycles. The van der Waals surface area contributed by atoms with Crippen molar-refractivity contribution < 1.29 is 25.3 Å². The summed E-state index contributed by atoms with van der Waals surface area (Å²) in [7, 11) is -12.0. The summed E-state index contributed by atoms with van der Waals surface area (Å²) < 4.78 is 88.0. The summed E-state index contributed by atoms with van der Waals surface area (Å²) in [4.78, 5) is 4.77. The van der Waals surface area contributed by atoms with Gasteiger partial charge in [-0.15, -0.1) is 0 Å². The lowest BCUT2D eigenvalue weighted by molar-refractivity contribution is 0.124. The maximum atomic E-state index is 14.1. The number of rotatable bonds is 6. The minimum atomic E-state index is -4.11. The van der Waals surface area contributed by atoms with E-state index in [1.54, 1.807) is 60.7 Å². The van der Waals surface area contributed by atoms with Gasteiger partial charge in [0.1, 0.15) is 0 Å². The lowest BCUT2D eigenvalue weighted by Crippen LogP contribution is -2.50. The second-order valence-corrected chi connectivity index (χ2v) is 18.1. The molecule has 0 saturated carbocycles. The van der Waals surface area contributed by atoms with Crippen LogP contribution in [0.1, 0.15) is 16.7 Å². The Balaban J connectivity index is 1.52. The van der Waals surface area contributed by atoms with E-state index in [4.69, 9.17) is 0 Å². The first-order valence-corrected chi connectivity index (χ1v) is 20.2. The third-order valence-corrected chi connectivity index (χ3v) is 14.7. The van der Waals surface area contributed by atoms with Gasteiger partial charge in [-0.3, -0.25) is 9.80 Å². The molecule has 3 aliphatic rings. The minimum Gasteiger partial charge on any atom is -0.299 e. The molecule has 0 radical (unpaired) electrons. The molecule has 11 nitrogen and oxygen atoms in total. The highest BCUT2D eigenvalue weighted by atomic mass is 32.2. The Kier molecular flexibility index (Phi) is 11.2. The van der Waals surface area contributed by atoms with E-state index in [0.29, 0.717) is 13.1 Å². The Hall–Kier alpha value is -2.69. The number of piperazine rings is 1. The quantitative estimate of drug-likeness (QED) is 0.360. The molecule has 0 N–H and O–H groups in total. The first-order chi connectivity index (χ1) is 22.3. The van der Waals surface area contributed by atoms with Crippen molar-refractivity contribution in [1.29, 1.82) is 0 Å². The lowest BCUT2D eigenvalue weighted by Gasteiger charge is -2.36. The van der Waals surface area contributed by atoms with E-state index in [1.807, 2.05) is 20.8 Å². The molecule has 0 aliphatic carbocycles. The Labute approximate surface area is 280 Å². The van der Waals surface area contributed by atoms with Gasteiger partial charge in [-0.1, -0.05) is 53.1 Å². The van der Waals surface area contributed by atoms with Crippen molar-refractivity contribution in [1.82, 2.24) is 22.7 Å². The molecule has 0 amide bonds. The molecule has 3 saturated heterocycles. The van der Waals surface area contributed by atoms with Crippen molar-refractivity contribution in [3.8, 4) is 0 Å². The van der Waals surface area contributed by atoms with E-state index in [1.165, 1.54) is 25.0 Å². The summed E-state index contributed by atoms with van der Waals surface area (Å²) >= 11 is 0. The molecular weight excluding hydrogens is 659 g/mol. The Morgan fingerprint density at radius 3 is 0.766 bits per heavy atom. The maximum absolute atomic E-state index is 14.1. The zero-order chi connectivity index (χ0) is 33.8. The normalized spacial score (nSPS) is 22.0. The molecule has 3 fully saturated rings. The number of fused-ring (bicyclic) bond motifs is 12. The number of hydrogen-bond acceptors (Lipinski definition) is 8. The lowest BCUT2D eigenvalue weighted by atomic mass is 10.2. The van der Waals surface area contributed by atoms with E-state index in [0.717, 1.165) is 42.9 Å². The molecule has 0 aromatic heterocycles. The van der Waals surface area contributed by atoms with Gasteiger partial charge in [0.15, 0.2) is 0 Å². The van der Waals surface area contributed by atoms with Crippen molar-refractivity contribution in [2.24, 2.45) is 0 Å². The van der Waals surface area contributed by atoms with Crippen molar-refractivity contribution in [3.05, 3.63) is 89.5 Å². The first-order valence-electron chi connectivity index (χ1n) is 15.9. The van der Waals surface area contributed by atoms with Crippen LogP contribution in [-0.4, -0.2) is 127 Å². The summed E-state index contributed by atoms with van der Waals surface area (Å²) in [6, 6.07) is 19.8. The van der Waals surface area contributed by atoms with Crippen LogP contribution in [0.5, 0.6) is 0 Å². The molecule has 0 unspecified atom stereocenters. The molecule has 6 rings (SSSR count). The molecule has 0 spiro atoms. The van der Waals surface area contributed by atoms with E-state index in [9.17, 15) is 25.3 Å². The average Bonchev–Trinajstić information content (AvgIpc) is 3.05. The number of hydrogen-bond donors (Lipinski definition) is 0. The predicted octanol–water partition coefficient (Wildman–Crippen LogP) is 2.62. The zero-order valence-electron chi connectivity index (χ0n) is 27.3. The molecule has 14 heteroatoms. The summed E-state index contributed by atoms with van der Waals surface area (Å²) in [5, 5.41) is 0. The standard InChI is InChI=1S/C33H45N5O6S3/c1-28-4-10-31(11-5-28)45(39,40)36-22-20-34-16-18-35(19-17-34)21-23-37(46(41,42)32-12-6-29(2)7-13-32)25-27-38(26-24-36)47(43,44)33-14-8-30(3)9-15-33/h4-15H,16-27H2,1-3H3. The summed E-state index contributed by atoms with van der Waals surface area (Å²) in [5.41, 5.74) is 2.75. The maximum Gasteiger partial charge on any atom is 0.243 e. The van der Waals surface area contributed by atoms with Crippen LogP contribution in [0.3, 0.4) is 0 Å². The fourth-order valence-electron chi connectivity index (χ4n) is 5.82. The van der Waals surface area contributed by atoms with Gasteiger partial charge in [0.05, 0.1) is 14.7 Å². The van der Waals surface area contributed by atoms with Crippen LogP contribution in [0.15, 0.2) is 87.5 Å². The van der Waals surface area contributed by atoms with Crippen molar-refractivity contribution in [3.63, 3.8) is 0 Å². The minimum absolute atomic E-state index is 0.0668. The summed E-state index contributed by atoms with van der Waals surface area (Å²) in [6.07, 6.45) is 0. The molecule has 3 aromatic carbocycles. The second kappa shape index (κ2) is 14.8. The smallest absolute Gasteiger partial charge is 0.243 e. The highest BCUT2D eigenvalue weighted by molar-refractivity contribution is 7.89. The van der Waals surface area contributed by atoms with Gasteiger partial charge in [0.2, 0.25) is 30.1 Å². The van der Waals surface area contributed by atoms with Crippen molar-refractivity contribution in [2.75, 3.05) is 78.5 Å². The third kappa shape index (κ3) is 8.49. The number of nitrogens with zero attached hydrogens (tertiary/aromatic N) is 5. The number of benzene rings is 3. The first kappa shape index (κ1) is 35.6. The van der Waals surface area contributed by atoms with Gasteiger partial charge in [0.25, 0.3) is 0 Å². The van der Waals surface area contributed by atoms with Gasteiger partial charge in [-0.2, -0.15) is 12.9 Å². The van der Waals surface area contributed by atoms with Crippen LogP contribution < -0.4 is 0 Å². The van der Waals surface area contributed by atoms with E-state index < -0.39 is 30.1 Å². The van der Waals surface area contributed by atoms with Crippen LogP contribution in [0.4, 0.5) is 0 Å². The van der Waals surface area contributed by atoms with Crippen LogP contribution in [0, 0.1) is 20.8 Å². The fraction of sp³-hybridized carbons (Fsp3) is 0.455. The van der Waals surface area contributed by atoms with Crippen molar-refractivity contribution in [2.45, 2.75) is 35.5 Å². The van der Waals surface area contributed by atoms with Gasteiger partial charge in [-0.25, -0.2) is 25.3 Å².